The zero-order valence-corrected chi connectivity index (χ0v) is 14.9. The number of carbonyl (C=O) groups is 4. The smallest absolute Gasteiger partial charge is 0.323 e. The number of benzene rings is 1. The van der Waals surface area contributed by atoms with Crippen molar-refractivity contribution in [3.63, 3.8) is 0 Å². The maximum atomic E-state index is 13.5. The van der Waals surface area contributed by atoms with E-state index >= 15 is 0 Å². The molecular formula is C18H21FN4O4. The van der Waals surface area contributed by atoms with Crippen molar-refractivity contribution in [1.29, 1.82) is 0 Å². The van der Waals surface area contributed by atoms with Gasteiger partial charge >= 0.3 is 12.1 Å². The third-order valence-corrected chi connectivity index (χ3v) is 5.18. The molecule has 2 aliphatic rings. The largest absolute Gasteiger partial charge is 0.326 e. The standard InChI is InChI=1S/C18H21FN4O4/c1-11-6-4-5-9-18(11)15(25)23(17(27)22-18)10-14(24)21-16(26)20-13-8-3-2-7-12(13)19/h2-3,7-8,11H,4-6,9-10H2,1H3,(H,22,27)(H2,20,21,24,26)/t11-,18+/m0/s1. The lowest BCUT2D eigenvalue weighted by molar-refractivity contribution is -0.137. The highest BCUT2D eigenvalue weighted by Crippen LogP contribution is 2.38. The van der Waals surface area contributed by atoms with Crippen LogP contribution >= 0.6 is 0 Å². The van der Waals surface area contributed by atoms with Crippen LogP contribution in [0.5, 0.6) is 0 Å². The molecule has 0 radical (unpaired) electrons. The summed E-state index contributed by atoms with van der Waals surface area (Å²) >= 11 is 0. The van der Waals surface area contributed by atoms with Crippen molar-refractivity contribution in [1.82, 2.24) is 15.5 Å². The lowest BCUT2D eigenvalue weighted by atomic mass is 9.73. The van der Waals surface area contributed by atoms with Gasteiger partial charge in [0.15, 0.2) is 0 Å². The molecule has 3 rings (SSSR count). The minimum atomic E-state index is -0.967. The summed E-state index contributed by atoms with van der Waals surface area (Å²) < 4.78 is 13.5. The Morgan fingerprint density at radius 2 is 2.04 bits per heavy atom. The van der Waals surface area contributed by atoms with E-state index in [1.54, 1.807) is 0 Å². The van der Waals surface area contributed by atoms with Crippen molar-refractivity contribution in [3.05, 3.63) is 30.1 Å². The summed E-state index contributed by atoms with van der Waals surface area (Å²) in [6.07, 6.45) is 3.16. The van der Waals surface area contributed by atoms with Gasteiger partial charge in [-0.2, -0.15) is 0 Å². The highest BCUT2D eigenvalue weighted by atomic mass is 19.1. The number of urea groups is 2. The fourth-order valence-corrected chi connectivity index (χ4v) is 3.66. The fraction of sp³-hybridized carbons (Fsp3) is 0.444. The van der Waals surface area contributed by atoms with Crippen LogP contribution < -0.4 is 16.0 Å². The second kappa shape index (κ2) is 7.34. The van der Waals surface area contributed by atoms with Gasteiger partial charge in [0.1, 0.15) is 17.9 Å². The molecule has 1 aliphatic heterocycles. The van der Waals surface area contributed by atoms with Gasteiger partial charge in [-0.3, -0.25) is 19.8 Å². The van der Waals surface area contributed by atoms with Crippen LogP contribution in [0.4, 0.5) is 19.7 Å². The molecule has 2 atom stereocenters. The number of anilines is 1. The van der Waals surface area contributed by atoms with Crippen molar-refractivity contribution in [3.8, 4) is 0 Å². The Balaban J connectivity index is 1.60. The van der Waals surface area contributed by atoms with Gasteiger partial charge in [0, 0.05) is 0 Å². The summed E-state index contributed by atoms with van der Waals surface area (Å²) in [7, 11) is 0. The molecule has 1 saturated carbocycles. The summed E-state index contributed by atoms with van der Waals surface area (Å²) in [4.78, 5) is 49.8. The Bertz CT molecular complexity index is 799. The lowest BCUT2D eigenvalue weighted by Crippen LogP contribution is -2.54. The topological polar surface area (TPSA) is 108 Å². The zero-order valence-electron chi connectivity index (χ0n) is 14.9. The molecule has 0 bridgehead atoms. The molecule has 6 amide bonds. The summed E-state index contributed by atoms with van der Waals surface area (Å²) in [6.45, 7) is 1.33. The molecule has 1 heterocycles. The van der Waals surface area contributed by atoms with Crippen LogP contribution in [-0.2, 0) is 9.59 Å². The quantitative estimate of drug-likeness (QED) is 0.701. The Labute approximate surface area is 155 Å². The number of imide groups is 2. The number of amides is 6. The monoisotopic (exact) mass is 376 g/mol. The number of rotatable bonds is 3. The summed E-state index contributed by atoms with van der Waals surface area (Å²) in [5, 5.41) is 6.93. The van der Waals surface area contributed by atoms with Gasteiger partial charge in [0.05, 0.1) is 5.69 Å². The van der Waals surface area contributed by atoms with Gasteiger partial charge in [-0.1, -0.05) is 31.9 Å². The maximum Gasteiger partial charge on any atom is 0.326 e. The number of para-hydroxylation sites is 1. The number of hydrogen-bond donors (Lipinski definition) is 3. The average molecular weight is 376 g/mol. The number of hydrogen-bond acceptors (Lipinski definition) is 4. The second-order valence-corrected chi connectivity index (χ2v) is 6.92. The van der Waals surface area contributed by atoms with E-state index in [1.165, 1.54) is 18.2 Å². The van der Waals surface area contributed by atoms with E-state index in [0.717, 1.165) is 30.2 Å². The molecule has 8 nitrogen and oxygen atoms in total. The Hall–Kier alpha value is -2.97. The van der Waals surface area contributed by atoms with E-state index in [0.29, 0.717) is 6.42 Å². The van der Waals surface area contributed by atoms with Gasteiger partial charge in [-0.15, -0.1) is 0 Å². The lowest BCUT2D eigenvalue weighted by Gasteiger charge is -2.36. The van der Waals surface area contributed by atoms with Gasteiger partial charge in [-0.05, 0) is 30.9 Å². The van der Waals surface area contributed by atoms with Crippen molar-refractivity contribution >= 4 is 29.6 Å². The normalized spacial score (nSPS) is 24.7. The summed E-state index contributed by atoms with van der Waals surface area (Å²) in [6, 6.07) is 3.90. The van der Waals surface area contributed by atoms with Crippen LogP contribution in [0.25, 0.3) is 0 Å². The van der Waals surface area contributed by atoms with Crippen LogP contribution in [-0.4, -0.2) is 40.9 Å². The Morgan fingerprint density at radius 1 is 1.30 bits per heavy atom. The van der Waals surface area contributed by atoms with Gasteiger partial charge in [0.2, 0.25) is 5.91 Å². The predicted octanol–water partition coefficient (Wildman–Crippen LogP) is 1.97. The SMILES string of the molecule is C[C@H]1CCCC[C@@]12NC(=O)N(CC(=O)NC(=O)Nc1ccccc1F)C2=O. The first kappa shape index (κ1) is 18.8. The van der Waals surface area contributed by atoms with E-state index in [9.17, 15) is 23.6 Å². The zero-order chi connectivity index (χ0) is 19.6. The molecule has 1 saturated heterocycles. The molecule has 2 fully saturated rings. The minimum Gasteiger partial charge on any atom is -0.323 e. The minimum absolute atomic E-state index is 0.0277. The highest BCUT2D eigenvalue weighted by molar-refractivity contribution is 6.10. The number of nitrogens with zero attached hydrogens (tertiary/aromatic N) is 1. The summed E-state index contributed by atoms with van der Waals surface area (Å²) in [5.74, 6) is -1.96. The van der Waals surface area contributed by atoms with E-state index in [4.69, 9.17) is 0 Å². The van der Waals surface area contributed by atoms with Crippen molar-refractivity contribution in [2.24, 2.45) is 5.92 Å². The second-order valence-electron chi connectivity index (χ2n) is 6.92. The van der Waals surface area contributed by atoms with E-state index in [1.807, 2.05) is 12.2 Å². The molecule has 0 aromatic heterocycles. The van der Waals surface area contributed by atoms with E-state index < -0.39 is 41.8 Å². The molecule has 144 valence electrons. The predicted molar refractivity (Wildman–Crippen MR) is 94.2 cm³/mol. The maximum absolute atomic E-state index is 13.5. The average Bonchev–Trinajstić information content (AvgIpc) is 2.84. The number of nitrogens with one attached hydrogen (secondary N) is 3. The van der Waals surface area contributed by atoms with Crippen LogP contribution in [0.1, 0.15) is 32.6 Å². The van der Waals surface area contributed by atoms with Gasteiger partial charge < -0.3 is 10.6 Å². The van der Waals surface area contributed by atoms with E-state index in [-0.39, 0.29) is 11.6 Å². The molecule has 1 aromatic rings. The molecule has 3 N–H and O–H groups in total. The van der Waals surface area contributed by atoms with Crippen molar-refractivity contribution in [2.75, 3.05) is 11.9 Å². The van der Waals surface area contributed by atoms with Crippen LogP contribution in [0.2, 0.25) is 0 Å². The molecule has 27 heavy (non-hydrogen) atoms. The highest BCUT2D eigenvalue weighted by Gasteiger charge is 2.55. The van der Waals surface area contributed by atoms with Crippen LogP contribution in [0, 0.1) is 11.7 Å². The Kier molecular flexibility index (Phi) is 5.11. The third kappa shape index (κ3) is 3.62. The van der Waals surface area contributed by atoms with Gasteiger partial charge in [-0.25, -0.2) is 14.0 Å². The van der Waals surface area contributed by atoms with Crippen LogP contribution in [0.15, 0.2) is 24.3 Å². The van der Waals surface area contributed by atoms with Crippen LogP contribution in [0.3, 0.4) is 0 Å². The summed E-state index contributed by atoms with van der Waals surface area (Å²) in [5.41, 5.74) is -1.06. The molecule has 1 aromatic carbocycles. The molecule has 1 spiro atoms. The van der Waals surface area contributed by atoms with E-state index in [2.05, 4.69) is 10.6 Å². The Morgan fingerprint density at radius 3 is 2.74 bits per heavy atom. The van der Waals surface area contributed by atoms with Gasteiger partial charge in [0.25, 0.3) is 5.91 Å². The molecular weight excluding hydrogens is 355 g/mol. The number of halogens is 1. The first-order valence-electron chi connectivity index (χ1n) is 8.83. The number of carbonyl (C=O) groups excluding carboxylic acids is 4. The molecule has 1 aliphatic carbocycles. The third-order valence-electron chi connectivity index (χ3n) is 5.18. The van der Waals surface area contributed by atoms with Crippen molar-refractivity contribution < 1.29 is 23.6 Å². The fourth-order valence-electron chi connectivity index (χ4n) is 3.66. The van der Waals surface area contributed by atoms with Crippen molar-refractivity contribution in [2.45, 2.75) is 38.1 Å². The molecule has 0 unspecified atom stereocenters. The first-order valence-corrected chi connectivity index (χ1v) is 8.83. The first-order chi connectivity index (χ1) is 12.8. The molecule has 9 heteroatoms.